The first-order chi connectivity index (χ1) is 10.1. The molecule has 21 heavy (non-hydrogen) atoms. The molecule has 2 aromatic heterocycles. The van der Waals surface area contributed by atoms with Gasteiger partial charge in [0.25, 0.3) is 5.91 Å². The van der Waals surface area contributed by atoms with Gasteiger partial charge in [-0.1, -0.05) is 29.5 Å². The lowest BCUT2D eigenvalue weighted by Gasteiger charge is -2.06. The topological polar surface area (TPSA) is 59.3 Å². The predicted octanol–water partition coefficient (Wildman–Crippen LogP) is 2.38. The molecule has 0 unspecified atom stereocenters. The van der Waals surface area contributed by atoms with Crippen molar-refractivity contribution < 1.29 is 4.79 Å². The van der Waals surface area contributed by atoms with Crippen LogP contribution >= 0.6 is 11.3 Å². The molecule has 5 nitrogen and oxygen atoms in total. The highest BCUT2D eigenvalue weighted by Gasteiger charge is 2.09. The van der Waals surface area contributed by atoms with Gasteiger partial charge in [0.05, 0.1) is 11.9 Å². The second-order valence-electron chi connectivity index (χ2n) is 4.90. The molecule has 0 bridgehead atoms. The van der Waals surface area contributed by atoms with Crippen LogP contribution in [0.25, 0.3) is 4.96 Å². The number of carbonyl (C=O) groups excluding carboxylic acids is 1. The van der Waals surface area contributed by atoms with Gasteiger partial charge in [-0.3, -0.25) is 4.79 Å². The summed E-state index contributed by atoms with van der Waals surface area (Å²) in [5.41, 5.74) is 2.65. The number of rotatable bonds is 4. The number of hydrogen-bond acceptors (Lipinski definition) is 4. The summed E-state index contributed by atoms with van der Waals surface area (Å²) >= 11 is 1.56. The Balaban J connectivity index is 1.59. The van der Waals surface area contributed by atoms with Crippen LogP contribution in [0.2, 0.25) is 0 Å². The van der Waals surface area contributed by atoms with Crippen molar-refractivity contribution >= 4 is 22.2 Å². The number of aromatic nitrogens is 3. The Kier molecular flexibility index (Phi) is 3.70. The first-order valence-corrected chi connectivity index (χ1v) is 7.60. The molecule has 0 atom stereocenters. The predicted molar refractivity (Wildman–Crippen MR) is 82.8 cm³/mol. The molecule has 0 aliphatic carbocycles. The van der Waals surface area contributed by atoms with E-state index in [1.165, 1.54) is 0 Å². The molecule has 0 saturated heterocycles. The van der Waals surface area contributed by atoms with E-state index in [1.807, 2.05) is 44.3 Å². The van der Waals surface area contributed by atoms with Crippen molar-refractivity contribution in [3.63, 3.8) is 0 Å². The fraction of sp³-hybridized carbons (Fsp3) is 0.267. The maximum atomic E-state index is 12.1. The standard InChI is InChI=1S/C15H16N4OS/c1-10-5-3-4-6-13(10)14(20)16-8-7-12-9-19-15(17-12)21-11(2)18-19/h3-6,9H,7-8H2,1-2H3,(H,16,20). The van der Waals surface area contributed by atoms with Gasteiger partial charge in [0.15, 0.2) is 0 Å². The van der Waals surface area contributed by atoms with Crippen LogP contribution in [0.3, 0.4) is 0 Å². The summed E-state index contributed by atoms with van der Waals surface area (Å²) in [6.45, 7) is 4.46. The van der Waals surface area contributed by atoms with E-state index in [-0.39, 0.29) is 5.91 Å². The van der Waals surface area contributed by atoms with Crippen LogP contribution in [0, 0.1) is 13.8 Å². The first kappa shape index (κ1) is 13.8. The Labute approximate surface area is 126 Å². The van der Waals surface area contributed by atoms with Crippen LogP contribution in [0.15, 0.2) is 30.5 Å². The summed E-state index contributed by atoms with van der Waals surface area (Å²) in [5.74, 6) is -0.0388. The minimum Gasteiger partial charge on any atom is -0.352 e. The number of imidazole rings is 1. The quantitative estimate of drug-likeness (QED) is 0.805. The molecule has 3 rings (SSSR count). The number of aryl methyl sites for hydroxylation is 2. The van der Waals surface area contributed by atoms with E-state index < -0.39 is 0 Å². The van der Waals surface area contributed by atoms with Gasteiger partial charge in [-0.05, 0) is 25.5 Å². The first-order valence-electron chi connectivity index (χ1n) is 6.79. The van der Waals surface area contributed by atoms with Gasteiger partial charge in [0.1, 0.15) is 5.01 Å². The average Bonchev–Trinajstić information content (AvgIpc) is 2.95. The third-order valence-electron chi connectivity index (χ3n) is 3.25. The van der Waals surface area contributed by atoms with Crippen molar-refractivity contribution in [3.8, 4) is 0 Å². The van der Waals surface area contributed by atoms with Crippen molar-refractivity contribution in [2.24, 2.45) is 0 Å². The largest absolute Gasteiger partial charge is 0.352 e. The molecular weight excluding hydrogens is 284 g/mol. The highest BCUT2D eigenvalue weighted by atomic mass is 32.1. The molecule has 1 amide bonds. The van der Waals surface area contributed by atoms with Crippen LogP contribution in [-0.2, 0) is 6.42 Å². The molecule has 2 heterocycles. The molecule has 0 saturated carbocycles. The summed E-state index contributed by atoms with van der Waals surface area (Å²) in [4.78, 5) is 17.5. The third-order valence-corrected chi connectivity index (χ3v) is 4.09. The molecule has 108 valence electrons. The highest BCUT2D eigenvalue weighted by molar-refractivity contribution is 7.16. The van der Waals surface area contributed by atoms with E-state index in [4.69, 9.17) is 0 Å². The summed E-state index contributed by atoms with van der Waals surface area (Å²) in [6.07, 6.45) is 2.62. The number of nitrogens with zero attached hydrogens (tertiary/aromatic N) is 3. The van der Waals surface area contributed by atoms with E-state index >= 15 is 0 Å². The molecule has 6 heteroatoms. The Bertz CT molecular complexity index is 758. The van der Waals surface area contributed by atoms with Crippen molar-refractivity contribution in [1.29, 1.82) is 0 Å². The van der Waals surface area contributed by atoms with Crippen molar-refractivity contribution in [2.75, 3.05) is 6.54 Å². The number of carbonyl (C=O) groups is 1. The van der Waals surface area contributed by atoms with Crippen LogP contribution in [0.4, 0.5) is 0 Å². The second-order valence-corrected chi connectivity index (χ2v) is 6.06. The van der Waals surface area contributed by atoms with E-state index in [1.54, 1.807) is 15.9 Å². The summed E-state index contributed by atoms with van der Waals surface area (Å²) in [7, 11) is 0. The monoisotopic (exact) mass is 300 g/mol. The van der Waals surface area contributed by atoms with Crippen LogP contribution in [0.1, 0.15) is 26.6 Å². The second kappa shape index (κ2) is 5.65. The summed E-state index contributed by atoms with van der Waals surface area (Å²) in [6, 6.07) is 7.58. The Hall–Kier alpha value is -2.21. The van der Waals surface area contributed by atoms with E-state index in [9.17, 15) is 4.79 Å². The fourth-order valence-electron chi connectivity index (χ4n) is 2.19. The lowest BCUT2D eigenvalue weighted by atomic mass is 10.1. The van der Waals surface area contributed by atoms with Gasteiger partial charge in [-0.2, -0.15) is 5.10 Å². The SMILES string of the molecule is Cc1nn2cc(CCNC(=O)c3ccccc3C)nc2s1. The van der Waals surface area contributed by atoms with Crippen LogP contribution in [-0.4, -0.2) is 27.0 Å². The van der Waals surface area contributed by atoms with E-state index in [0.717, 1.165) is 26.8 Å². The molecule has 0 radical (unpaired) electrons. The molecule has 1 N–H and O–H groups in total. The number of amides is 1. The van der Waals surface area contributed by atoms with E-state index in [2.05, 4.69) is 15.4 Å². The smallest absolute Gasteiger partial charge is 0.251 e. The molecule has 0 aliphatic rings. The zero-order chi connectivity index (χ0) is 14.8. The van der Waals surface area contributed by atoms with Crippen molar-refractivity contribution in [3.05, 3.63) is 52.3 Å². The molecule has 0 fully saturated rings. The van der Waals surface area contributed by atoms with Gasteiger partial charge in [-0.25, -0.2) is 9.50 Å². The van der Waals surface area contributed by atoms with Gasteiger partial charge < -0.3 is 5.32 Å². The molecule has 0 spiro atoms. The van der Waals surface area contributed by atoms with Gasteiger partial charge in [-0.15, -0.1) is 0 Å². The minimum absolute atomic E-state index is 0.0388. The van der Waals surface area contributed by atoms with Crippen LogP contribution < -0.4 is 5.32 Å². The normalized spacial score (nSPS) is 11.0. The van der Waals surface area contributed by atoms with Gasteiger partial charge >= 0.3 is 0 Å². The summed E-state index contributed by atoms with van der Waals surface area (Å²) < 4.78 is 1.79. The zero-order valence-corrected chi connectivity index (χ0v) is 12.8. The maximum absolute atomic E-state index is 12.1. The zero-order valence-electron chi connectivity index (χ0n) is 12.0. The number of hydrogen-bond donors (Lipinski definition) is 1. The number of benzene rings is 1. The van der Waals surface area contributed by atoms with Crippen molar-refractivity contribution in [2.45, 2.75) is 20.3 Å². The molecular formula is C15H16N4OS. The number of nitrogens with one attached hydrogen (secondary N) is 1. The van der Waals surface area contributed by atoms with Crippen molar-refractivity contribution in [1.82, 2.24) is 19.9 Å². The van der Waals surface area contributed by atoms with Gasteiger partial charge in [0, 0.05) is 18.5 Å². The lowest BCUT2D eigenvalue weighted by Crippen LogP contribution is -2.26. The minimum atomic E-state index is -0.0388. The molecule has 1 aromatic carbocycles. The third kappa shape index (κ3) is 2.95. The summed E-state index contributed by atoms with van der Waals surface area (Å²) in [5, 5.41) is 8.25. The van der Waals surface area contributed by atoms with Crippen LogP contribution in [0.5, 0.6) is 0 Å². The average molecular weight is 300 g/mol. The fourth-order valence-corrected chi connectivity index (χ4v) is 2.94. The lowest BCUT2D eigenvalue weighted by molar-refractivity contribution is 0.0953. The Morgan fingerprint density at radius 2 is 2.14 bits per heavy atom. The Morgan fingerprint density at radius 1 is 1.33 bits per heavy atom. The van der Waals surface area contributed by atoms with E-state index in [0.29, 0.717) is 13.0 Å². The Morgan fingerprint density at radius 3 is 2.90 bits per heavy atom. The highest BCUT2D eigenvalue weighted by Crippen LogP contribution is 2.13. The maximum Gasteiger partial charge on any atom is 0.251 e. The molecule has 0 aliphatic heterocycles. The molecule has 3 aromatic rings. The van der Waals surface area contributed by atoms with Gasteiger partial charge in [0.2, 0.25) is 4.96 Å². The number of fused-ring (bicyclic) bond motifs is 1.